The third-order valence-electron chi connectivity index (χ3n) is 5.36. The van der Waals surface area contributed by atoms with Crippen LogP contribution in [0, 0.1) is 0 Å². The third kappa shape index (κ3) is 4.86. The summed E-state index contributed by atoms with van der Waals surface area (Å²) in [4.78, 5) is 46.3. The summed E-state index contributed by atoms with van der Waals surface area (Å²) in [6.07, 6.45) is 9.54. The molecule has 0 atom stereocenters. The van der Waals surface area contributed by atoms with Gasteiger partial charge in [-0.05, 0) is 37.8 Å². The summed E-state index contributed by atoms with van der Waals surface area (Å²) >= 11 is 0. The number of aromatic nitrogens is 5. The van der Waals surface area contributed by atoms with Crippen molar-refractivity contribution < 1.29 is 14.3 Å². The second-order valence-electron chi connectivity index (χ2n) is 7.98. The molecule has 11 heteroatoms. The van der Waals surface area contributed by atoms with Gasteiger partial charge in [0, 0.05) is 24.6 Å². The van der Waals surface area contributed by atoms with Gasteiger partial charge >= 0.3 is 6.09 Å². The van der Waals surface area contributed by atoms with E-state index in [2.05, 4.69) is 40.9 Å². The number of nitrogens with one attached hydrogen (secondary N) is 3. The van der Waals surface area contributed by atoms with Gasteiger partial charge in [-0.1, -0.05) is 0 Å². The first-order valence-electron chi connectivity index (χ1n) is 10.7. The van der Waals surface area contributed by atoms with E-state index in [0.29, 0.717) is 17.5 Å². The van der Waals surface area contributed by atoms with E-state index in [0.717, 1.165) is 37.1 Å². The highest BCUT2D eigenvalue weighted by Crippen LogP contribution is 2.41. The van der Waals surface area contributed by atoms with Crippen molar-refractivity contribution in [3.8, 4) is 5.88 Å². The molecule has 3 N–H and O–H groups in total. The summed E-state index contributed by atoms with van der Waals surface area (Å²) in [5.74, 6) is 0.555. The molecule has 5 rings (SSSR count). The smallest absolute Gasteiger partial charge is 0.387 e. The number of carbonyl (C=O) groups excluding carboxylic acids is 2. The van der Waals surface area contributed by atoms with E-state index in [-0.39, 0.29) is 23.1 Å². The molecule has 168 valence electrons. The lowest BCUT2D eigenvalue weighted by Crippen LogP contribution is -2.25. The zero-order valence-corrected chi connectivity index (χ0v) is 17.9. The summed E-state index contributed by atoms with van der Waals surface area (Å²) in [5.41, 5.74) is 2.55. The summed E-state index contributed by atoms with van der Waals surface area (Å²) < 4.78 is 5.51. The molecule has 0 bridgehead atoms. The van der Waals surface area contributed by atoms with Crippen molar-refractivity contribution >= 4 is 29.2 Å². The zero-order valence-electron chi connectivity index (χ0n) is 17.9. The standard InChI is InChI=1S/C22H22N8O3/c1-23-20(31)18-16(7-6-15(28-18)12-2-3-12)30-22(32)33-21-19(27-14-8-24-11-25-9-14)26-10-17(29-21)13-4-5-13/h6-13H,2-5H2,1H3,(H,23,31)(H,26,27)(H,30,32). The first kappa shape index (κ1) is 20.7. The van der Waals surface area contributed by atoms with Gasteiger partial charge < -0.3 is 15.4 Å². The molecule has 0 unspecified atom stereocenters. The molecule has 33 heavy (non-hydrogen) atoms. The highest BCUT2D eigenvalue weighted by Gasteiger charge is 2.29. The third-order valence-corrected chi connectivity index (χ3v) is 5.36. The molecule has 11 nitrogen and oxygen atoms in total. The molecule has 2 aliphatic rings. The largest absolute Gasteiger partial charge is 0.418 e. The van der Waals surface area contributed by atoms with E-state index < -0.39 is 12.0 Å². The lowest BCUT2D eigenvalue weighted by atomic mass is 10.2. The van der Waals surface area contributed by atoms with Gasteiger partial charge in [-0.15, -0.1) is 0 Å². The predicted molar refractivity (Wildman–Crippen MR) is 119 cm³/mol. The molecule has 2 fully saturated rings. The van der Waals surface area contributed by atoms with Crippen molar-refractivity contribution in [1.82, 2.24) is 30.2 Å². The van der Waals surface area contributed by atoms with E-state index in [4.69, 9.17) is 4.74 Å². The van der Waals surface area contributed by atoms with Gasteiger partial charge in [0.1, 0.15) is 6.33 Å². The number of amides is 2. The van der Waals surface area contributed by atoms with Crippen molar-refractivity contribution in [1.29, 1.82) is 0 Å². The summed E-state index contributed by atoms with van der Waals surface area (Å²) in [6.45, 7) is 0. The Morgan fingerprint density at radius 2 is 1.70 bits per heavy atom. The van der Waals surface area contributed by atoms with Gasteiger partial charge in [0.05, 0.1) is 35.7 Å². The van der Waals surface area contributed by atoms with Crippen molar-refractivity contribution in [2.75, 3.05) is 17.7 Å². The minimum absolute atomic E-state index is 0.0183. The maximum Gasteiger partial charge on any atom is 0.418 e. The van der Waals surface area contributed by atoms with Crippen LogP contribution >= 0.6 is 0 Å². The van der Waals surface area contributed by atoms with Crippen LogP contribution in [0.1, 0.15) is 59.4 Å². The number of ether oxygens (including phenoxy) is 1. The van der Waals surface area contributed by atoms with Crippen LogP contribution in [0.5, 0.6) is 5.88 Å². The highest BCUT2D eigenvalue weighted by molar-refractivity contribution is 6.01. The number of hydrogen-bond acceptors (Lipinski definition) is 9. The minimum atomic E-state index is -0.810. The van der Waals surface area contributed by atoms with Gasteiger partial charge in [0.2, 0.25) is 0 Å². The molecular formula is C22H22N8O3. The monoisotopic (exact) mass is 446 g/mol. The molecule has 3 aromatic rings. The van der Waals surface area contributed by atoms with Crippen LogP contribution in [0.2, 0.25) is 0 Å². The molecule has 2 saturated carbocycles. The average Bonchev–Trinajstić information content (AvgIpc) is 3.73. The number of nitrogens with zero attached hydrogens (tertiary/aromatic N) is 5. The molecule has 0 aromatic carbocycles. The second kappa shape index (κ2) is 8.77. The highest BCUT2D eigenvalue weighted by atomic mass is 16.6. The van der Waals surface area contributed by atoms with Crippen LogP contribution in [0.3, 0.4) is 0 Å². The SMILES string of the molecule is CNC(=O)c1nc(C2CC2)ccc1NC(=O)Oc1nc(C2CC2)cnc1Nc1cncnc1. The van der Waals surface area contributed by atoms with Crippen LogP contribution in [0.4, 0.5) is 22.0 Å². The normalized spacial score (nSPS) is 14.9. The van der Waals surface area contributed by atoms with Gasteiger partial charge in [-0.25, -0.2) is 29.7 Å². The van der Waals surface area contributed by atoms with Gasteiger partial charge in [-0.2, -0.15) is 0 Å². The molecular weight excluding hydrogens is 424 g/mol. The summed E-state index contributed by atoms with van der Waals surface area (Å²) in [5, 5.41) is 8.18. The quantitative estimate of drug-likeness (QED) is 0.498. The Kier molecular flexibility index (Phi) is 5.51. The van der Waals surface area contributed by atoms with Crippen LogP contribution in [-0.4, -0.2) is 44.0 Å². The number of pyridine rings is 1. The molecule has 3 heterocycles. The Hall–Kier alpha value is -4.15. The van der Waals surface area contributed by atoms with Crippen LogP contribution in [-0.2, 0) is 0 Å². The van der Waals surface area contributed by atoms with Crippen LogP contribution < -0.4 is 20.7 Å². The van der Waals surface area contributed by atoms with E-state index >= 15 is 0 Å². The Morgan fingerprint density at radius 1 is 0.970 bits per heavy atom. The number of anilines is 3. The van der Waals surface area contributed by atoms with Crippen LogP contribution in [0.15, 0.2) is 37.1 Å². The molecule has 3 aromatic heterocycles. The number of rotatable bonds is 7. The Morgan fingerprint density at radius 3 is 2.39 bits per heavy atom. The van der Waals surface area contributed by atoms with E-state index in [1.54, 1.807) is 24.7 Å². The zero-order chi connectivity index (χ0) is 22.8. The van der Waals surface area contributed by atoms with Crippen LogP contribution in [0.25, 0.3) is 0 Å². The molecule has 0 spiro atoms. The lowest BCUT2D eigenvalue weighted by Gasteiger charge is -2.13. The van der Waals surface area contributed by atoms with Gasteiger partial charge in [0.25, 0.3) is 11.8 Å². The maximum atomic E-state index is 12.8. The van der Waals surface area contributed by atoms with E-state index in [1.165, 1.54) is 13.4 Å². The summed E-state index contributed by atoms with van der Waals surface area (Å²) in [6, 6.07) is 3.48. The summed E-state index contributed by atoms with van der Waals surface area (Å²) in [7, 11) is 1.51. The Bertz CT molecular complexity index is 1200. The van der Waals surface area contributed by atoms with Crippen molar-refractivity contribution in [3.05, 3.63) is 54.1 Å². The van der Waals surface area contributed by atoms with E-state index in [1.807, 2.05) is 6.07 Å². The minimum Gasteiger partial charge on any atom is -0.387 e. The molecule has 2 amide bonds. The predicted octanol–water partition coefficient (Wildman–Crippen LogP) is 3.13. The first-order valence-corrected chi connectivity index (χ1v) is 10.7. The maximum absolute atomic E-state index is 12.8. The number of carbonyl (C=O) groups is 2. The van der Waals surface area contributed by atoms with Crippen molar-refractivity contribution in [2.45, 2.75) is 37.5 Å². The second-order valence-corrected chi connectivity index (χ2v) is 7.98. The lowest BCUT2D eigenvalue weighted by molar-refractivity contribution is 0.0959. The van der Waals surface area contributed by atoms with Gasteiger partial charge in [0.15, 0.2) is 11.5 Å². The first-order chi connectivity index (χ1) is 16.1. The van der Waals surface area contributed by atoms with E-state index in [9.17, 15) is 9.59 Å². The Labute approximate surface area is 189 Å². The molecule has 0 aliphatic heterocycles. The topological polar surface area (TPSA) is 144 Å². The number of hydrogen-bond donors (Lipinski definition) is 3. The fourth-order valence-corrected chi connectivity index (χ4v) is 3.31. The molecule has 0 radical (unpaired) electrons. The average molecular weight is 446 g/mol. The van der Waals surface area contributed by atoms with Crippen molar-refractivity contribution in [2.24, 2.45) is 0 Å². The Balaban J connectivity index is 1.38. The molecule has 0 saturated heterocycles. The molecule has 2 aliphatic carbocycles. The fourth-order valence-electron chi connectivity index (χ4n) is 3.31. The fraction of sp³-hybridized carbons (Fsp3) is 0.318. The van der Waals surface area contributed by atoms with Crippen molar-refractivity contribution in [3.63, 3.8) is 0 Å². The van der Waals surface area contributed by atoms with Gasteiger partial charge in [-0.3, -0.25) is 10.1 Å².